The number of nitrogens with zero attached hydrogens (tertiary/aromatic N) is 2. The smallest absolute Gasteiger partial charge is 0.264 e. The van der Waals surface area contributed by atoms with Gasteiger partial charge in [-0.25, -0.2) is 0 Å². The second-order valence-electron chi connectivity index (χ2n) is 7.98. The molecule has 0 radical (unpaired) electrons. The predicted molar refractivity (Wildman–Crippen MR) is 107 cm³/mol. The van der Waals surface area contributed by atoms with E-state index >= 15 is 0 Å². The third-order valence-corrected chi connectivity index (χ3v) is 5.96. The molecule has 0 bridgehead atoms. The number of piperidine rings is 1. The highest BCUT2D eigenvalue weighted by Crippen LogP contribution is 2.32. The van der Waals surface area contributed by atoms with Crippen molar-refractivity contribution in [1.82, 2.24) is 15.5 Å². The molecule has 1 unspecified atom stereocenters. The molecule has 4 rings (SSSR count). The Hall–Kier alpha value is -3.74. The Morgan fingerprint density at radius 1 is 1.19 bits per heavy atom. The van der Waals surface area contributed by atoms with E-state index in [9.17, 15) is 29.2 Å². The SMILES string of the molecule is N#CC1(NC(=O)CNc2cccc3c2C(=O)N(C2CCC(=O)NC2=O)C3=O)CCCC1. The summed E-state index contributed by atoms with van der Waals surface area (Å²) in [5.41, 5.74) is -0.352. The molecule has 1 saturated carbocycles. The zero-order chi connectivity index (χ0) is 22.2. The van der Waals surface area contributed by atoms with Gasteiger partial charge >= 0.3 is 0 Å². The first-order chi connectivity index (χ1) is 14.8. The van der Waals surface area contributed by atoms with Crippen LogP contribution in [-0.4, -0.2) is 52.6 Å². The van der Waals surface area contributed by atoms with Crippen LogP contribution in [0.25, 0.3) is 0 Å². The first kappa shape index (κ1) is 20.5. The minimum atomic E-state index is -1.06. The maximum absolute atomic E-state index is 13.0. The second-order valence-corrected chi connectivity index (χ2v) is 7.98. The van der Waals surface area contributed by atoms with Crippen LogP contribution in [0, 0.1) is 11.3 Å². The highest BCUT2D eigenvalue weighted by atomic mass is 16.2. The maximum atomic E-state index is 13.0. The average Bonchev–Trinajstić information content (AvgIpc) is 3.31. The Kier molecular flexibility index (Phi) is 5.19. The molecule has 160 valence electrons. The summed E-state index contributed by atoms with van der Waals surface area (Å²) in [4.78, 5) is 62.7. The molecule has 0 spiro atoms. The lowest BCUT2D eigenvalue weighted by Crippen LogP contribution is -2.54. The number of anilines is 1. The highest BCUT2D eigenvalue weighted by molar-refractivity contribution is 6.25. The van der Waals surface area contributed by atoms with E-state index in [0.29, 0.717) is 18.5 Å². The lowest BCUT2D eigenvalue weighted by molar-refractivity contribution is -0.136. The van der Waals surface area contributed by atoms with Crippen LogP contribution in [0.4, 0.5) is 5.69 Å². The fourth-order valence-corrected chi connectivity index (χ4v) is 4.39. The minimum absolute atomic E-state index is 0.0374. The van der Waals surface area contributed by atoms with Crippen LogP contribution in [0.2, 0.25) is 0 Å². The van der Waals surface area contributed by atoms with Crippen molar-refractivity contribution in [2.24, 2.45) is 0 Å². The van der Waals surface area contributed by atoms with Crippen molar-refractivity contribution in [3.8, 4) is 6.07 Å². The van der Waals surface area contributed by atoms with Crippen LogP contribution in [-0.2, 0) is 14.4 Å². The number of amides is 5. The summed E-state index contributed by atoms with van der Waals surface area (Å²) in [5, 5.41) is 17.2. The predicted octanol–water partition coefficient (Wildman–Crippen LogP) is 0.452. The molecule has 0 aromatic heterocycles. The van der Waals surface area contributed by atoms with Gasteiger partial charge in [0.15, 0.2) is 0 Å². The van der Waals surface area contributed by atoms with Gasteiger partial charge in [-0.1, -0.05) is 6.07 Å². The largest absolute Gasteiger partial charge is 0.375 e. The van der Waals surface area contributed by atoms with Crippen LogP contribution in [0.1, 0.15) is 59.2 Å². The van der Waals surface area contributed by atoms with Crippen molar-refractivity contribution in [2.75, 3.05) is 11.9 Å². The molecule has 1 aromatic carbocycles. The average molecular weight is 423 g/mol. The van der Waals surface area contributed by atoms with Gasteiger partial charge in [0, 0.05) is 12.1 Å². The number of carbonyl (C=O) groups is 5. The summed E-state index contributed by atoms with van der Waals surface area (Å²) in [6.45, 7) is -0.181. The molecule has 3 aliphatic rings. The van der Waals surface area contributed by atoms with E-state index in [1.54, 1.807) is 12.1 Å². The Bertz CT molecular complexity index is 1040. The summed E-state index contributed by atoms with van der Waals surface area (Å²) in [6, 6.07) is 5.75. The standard InChI is InChI=1S/C21H21N5O5/c22-11-21(8-1-2-9-21)25-16(28)10-23-13-5-3-4-12-17(13)20(31)26(19(12)30)14-6-7-15(27)24-18(14)29/h3-5,14,23H,1-2,6-10H2,(H,25,28)(H,24,27,29). The van der Waals surface area contributed by atoms with Gasteiger partial charge in [-0.15, -0.1) is 0 Å². The van der Waals surface area contributed by atoms with Crippen LogP contribution >= 0.6 is 0 Å². The van der Waals surface area contributed by atoms with E-state index < -0.39 is 35.2 Å². The number of benzene rings is 1. The molecule has 1 atom stereocenters. The van der Waals surface area contributed by atoms with E-state index in [2.05, 4.69) is 22.0 Å². The molecule has 5 amide bonds. The number of hydrogen-bond acceptors (Lipinski definition) is 7. The molecule has 10 nitrogen and oxygen atoms in total. The number of fused-ring (bicyclic) bond motifs is 1. The van der Waals surface area contributed by atoms with Crippen molar-refractivity contribution in [3.05, 3.63) is 29.3 Å². The Balaban J connectivity index is 1.50. The van der Waals surface area contributed by atoms with Gasteiger partial charge in [0.25, 0.3) is 11.8 Å². The number of nitriles is 1. The van der Waals surface area contributed by atoms with Crippen LogP contribution in [0.5, 0.6) is 0 Å². The van der Waals surface area contributed by atoms with Crippen LogP contribution < -0.4 is 16.0 Å². The summed E-state index contributed by atoms with van der Waals surface area (Å²) >= 11 is 0. The normalized spacial score (nSPS) is 22.0. The third kappa shape index (κ3) is 3.63. The molecule has 2 fully saturated rings. The molecule has 10 heteroatoms. The summed E-state index contributed by atoms with van der Waals surface area (Å²) in [5.74, 6) is -2.78. The fraction of sp³-hybridized carbons (Fsp3) is 0.429. The van der Waals surface area contributed by atoms with Gasteiger partial charge < -0.3 is 10.6 Å². The number of carbonyl (C=O) groups excluding carboxylic acids is 5. The maximum Gasteiger partial charge on any atom is 0.264 e. The van der Waals surface area contributed by atoms with Crippen LogP contribution in [0.15, 0.2) is 18.2 Å². The van der Waals surface area contributed by atoms with Gasteiger partial charge in [-0.2, -0.15) is 5.26 Å². The Morgan fingerprint density at radius 3 is 2.61 bits per heavy atom. The van der Waals surface area contributed by atoms with E-state index in [4.69, 9.17) is 0 Å². The summed E-state index contributed by atoms with van der Waals surface area (Å²) in [6.07, 6.45) is 3.06. The molecular weight excluding hydrogens is 402 g/mol. The van der Waals surface area contributed by atoms with Gasteiger partial charge in [0.2, 0.25) is 17.7 Å². The lowest BCUT2D eigenvalue weighted by atomic mass is 10.00. The molecular formula is C21H21N5O5. The molecule has 2 heterocycles. The van der Waals surface area contributed by atoms with Gasteiger partial charge in [0.05, 0.1) is 23.7 Å². The molecule has 31 heavy (non-hydrogen) atoms. The topological polar surface area (TPSA) is 148 Å². The highest BCUT2D eigenvalue weighted by Gasteiger charge is 2.45. The fourth-order valence-electron chi connectivity index (χ4n) is 4.39. The number of hydrogen-bond donors (Lipinski definition) is 3. The van der Waals surface area contributed by atoms with Crippen molar-refractivity contribution in [3.63, 3.8) is 0 Å². The van der Waals surface area contributed by atoms with E-state index in [0.717, 1.165) is 17.7 Å². The van der Waals surface area contributed by atoms with Gasteiger partial charge in [-0.05, 0) is 44.2 Å². The number of rotatable bonds is 5. The zero-order valence-electron chi connectivity index (χ0n) is 16.7. The van der Waals surface area contributed by atoms with Crippen molar-refractivity contribution in [2.45, 2.75) is 50.1 Å². The quantitative estimate of drug-likeness (QED) is 0.582. The van der Waals surface area contributed by atoms with Gasteiger partial charge in [-0.3, -0.25) is 34.2 Å². The minimum Gasteiger partial charge on any atom is -0.375 e. The first-order valence-corrected chi connectivity index (χ1v) is 10.2. The van der Waals surface area contributed by atoms with Crippen LogP contribution in [0.3, 0.4) is 0 Å². The molecule has 1 aliphatic carbocycles. The lowest BCUT2D eigenvalue weighted by Gasteiger charge is -2.27. The zero-order valence-corrected chi connectivity index (χ0v) is 16.7. The first-order valence-electron chi connectivity index (χ1n) is 10.2. The molecule has 1 saturated heterocycles. The van der Waals surface area contributed by atoms with E-state index in [1.807, 2.05) is 0 Å². The van der Waals surface area contributed by atoms with Crippen molar-refractivity contribution in [1.29, 1.82) is 5.26 Å². The Morgan fingerprint density at radius 2 is 1.94 bits per heavy atom. The molecule has 3 N–H and O–H groups in total. The number of imide groups is 2. The summed E-state index contributed by atoms with van der Waals surface area (Å²) in [7, 11) is 0. The van der Waals surface area contributed by atoms with Gasteiger partial charge in [0.1, 0.15) is 11.6 Å². The van der Waals surface area contributed by atoms with E-state index in [-0.39, 0.29) is 36.4 Å². The monoisotopic (exact) mass is 423 g/mol. The molecule has 1 aromatic rings. The summed E-state index contributed by atoms with van der Waals surface area (Å²) < 4.78 is 0. The van der Waals surface area contributed by atoms with E-state index in [1.165, 1.54) is 6.07 Å². The third-order valence-electron chi connectivity index (χ3n) is 5.96. The van der Waals surface area contributed by atoms with Crippen molar-refractivity contribution >= 4 is 35.2 Å². The Labute approximate surface area is 177 Å². The number of nitrogens with one attached hydrogen (secondary N) is 3. The molecule has 2 aliphatic heterocycles. The second kappa shape index (κ2) is 7.83. The van der Waals surface area contributed by atoms with Crippen molar-refractivity contribution < 1.29 is 24.0 Å².